The fraction of sp³-hybridized carbons (Fsp3) is 0.417. The molecular weight excluding hydrogens is 362 g/mol. The van der Waals surface area contributed by atoms with Gasteiger partial charge in [-0.1, -0.05) is 30.3 Å². The largest absolute Gasteiger partial charge is 0.497 e. The predicted octanol–water partition coefficient (Wildman–Crippen LogP) is 2.92. The molecule has 5 nitrogen and oxygen atoms in total. The topological polar surface area (TPSA) is 40.9 Å². The lowest BCUT2D eigenvalue weighted by molar-refractivity contribution is 0.00292. The van der Waals surface area contributed by atoms with Crippen LogP contribution in [0.15, 0.2) is 48.5 Å². The predicted molar refractivity (Wildman–Crippen MR) is 115 cm³/mol. The minimum atomic E-state index is -0.00914. The molecule has 3 heterocycles. The highest BCUT2D eigenvalue weighted by atomic mass is 16.5. The van der Waals surface area contributed by atoms with Crippen LogP contribution in [-0.4, -0.2) is 59.9 Å². The Balaban J connectivity index is 1.68. The summed E-state index contributed by atoms with van der Waals surface area (Å²) in [6.07, 6.45) is 0. The van der Waals surface area contributed by atoms with E-state index in [1.807, 2.05) is 0 Å². The number of aliphatic hydroxyl groups is 1. The summed E-state index contributed by atoms with van der Waals surface area (Å²) in [5.41, 5.74) is 5.27. The molecule has 3 aromatic rings. The van der Waals surface area contributed by atoms with Crippen molar-refractivity contribution in [2.45, 2.75) is 18.0 Å². The molecule has 0 radical (unpaired) electrons. The Morgan fingerprint density at radius 3 is 2.48 bits per heavy atom. The third-order valence-electron chi connectivity index (χ3n) is 6.79. The van der Waals surface area contributed by atoms with Crippen LogP contribution in [0.4, 0.5) is 0 Å². The average molecular weight is 392 g/mol. The van der Waals surface area contributed by atoms with Crippen molar-refractivity contribution in [1.82, 2.24) is 14.4 Å². The Morgan fingerprint density at radius 1 is 1.07 bits per heavy atom. The van der Waals surface area contributed by atoms with Gasteiger partial charge in [0.25, 0.3) is 0 Å². The molecule has 5 rings (SSSR count). The summed E-state index contributed by atoms with van der Waals surface area (Å²) in [6, 6.07) is 17.0. The van der Waals surface area contributed by atoms with E-state index in [1.165, 1.54) is 27.7 Å². The number of hydrogen-bond acceptors (Lipinski definition) is 4. The molecule has 152 valence electrons. The third-order valence-corrected chi connectivity index (χ3v) is 6.79. The zero-order chi connectivity index (χ0) is 20.2. The van der Waals surface area contributed by atoms with Gasteiger partial charge in [-0.15, -0.1) is 0 Å². The number of hydrogen-bond donors (Lipinski definition) is 1. The quantitative estimate of drug-likeness (QED) is 0.743. The second-order valence-corrected chi connectivity index (χ2v) is 8.74. The summed E-state index contributed by atoms with van der Waals surface area (Å²) in [6.45, 7) is 4.04. The SMILES string of the molecule is COc1ccc2c3c(n(C)c2c1)[C@H](CO)N(Cc1ccccc1)CC31CN(C)C1. The molecule has 29 heavy (non-hydrogen) atoms. The lowest BCUT2D eigenvalue weighted by atomic mass is 9.69. The van der Waals surface area contributed by atoms with Crippen LogP contribution in [-0.2, 0) is 19.0 Å². The highest BCUT2D eigenvalue weighted by Crippen LogP contribution is 2.49. The van der Waals surface area contributed by atoms with Crippen LogP contribution < -0.4 is 4.74 Å². The van der Waals surface area contributed by atoms with Crippen LogP contribution in [0, 0.1) is 0 Å². The van der Waals surface area contributed by atoms with Crippen LogP contribution >= 0.6 is 0 Å². The zero-order valence-electron chi connectivity index (χ0n) is 17.4. The second-order valence-electron chi connectivity index (χ2n) is 8.74. The van der Waals surface area contributed by atoms with Crippen molar-refractivity contribution < 1.29 is 9.84 Å². The molecule has 1 aromatic heterocycles. The number of aryl methyl sites for hydroxylation is 1. The molecule has 0 amide bonds. The summed E-state index contributed by atoms with van der Waals surface area (Å²) in [7, 11) is 6.04. The van der Waals surface area contributed by atoms with Crippen LogP contribution in [0.2, 0.25) is 0 Å². The summed E-state index contributed by atoms with van der Waals surface area (Å²) in [4.78, 5) is 4.87. The van der Waals surface area contributed by atoms with Crippen molar-refractivity contribution in [3.8, 4) is 5.75 Å². The molecule has 0 unspecified atom stereocenters. The molecule has 1 N–H and O–H groups in total. The molecule has 1 atom stereocenters. The summed E-state index contributed by atoms with van der Waals surface area (Å²) >= 11 is 0. The van der Waals surface area contributed by atoms with Crippen molar-refractivity contribution in [2.75, 3.05) is 40.4 Å². The Labute approximate surface area is 172 Å². The maximum atomic E-state index is 10.5. The summed E-state index contributed by atoms with van der Waals surface area (Å²) < 4.78 is 7.77. The van der Waals surface area contributed by atoms with Crippen molar-refractivity contribution >= 4 is 10.9 Å². The van der Waals surface area contributed by atoms with Gasteiger partial charge in [0.2, 0.25) is 0 Å². The molecular formula is C24H29N3O2. The lowest BCUT2D eigenvalue weighted by Crippen LogP contribution is -2.65. The number of methoxy groups -OCH3 is 1. The smallest absolute Gasteiger partial charge is 0.120 e. The second kappa shape index (κ2) is 6.87. The number of ether oxygens (including phenoxy) is 1. The number of aliphatic hydroxyl groups excluding tert-OH is 1. The normalized spacial score (nSPS) is 21.3. The molecule has 1 saturated heterocycles. The molecule has 2 aliphatic rings. The highest BCUT2D eigenvalue weighted by molar-refractivity contribution is 5.89. The van der Waals surface area contributed by atoms with Gasteiger partial charge in [-0.3, -0.25) is 4.90 Å². The number of likely N-dealkylation sites (N-methyl/N-ethyl adjacent to an activating group) is 1. The standard InChI is InChI=1S/C24H29N3O2/c1-25-14-24(15-25)16-27(12-17-7-5-4-6-8-17)21(13-28)23-22(24)19-10-9-18(29-3)11-20(19)26(23)2/h4-11,21,28H,12-16H2,1-3H3/t21-/m0/s1. The molecule has 0 saturated carbocycles. The van der Waals surface area contributed by atoms with E-state index in [2.05, 4.69) is 77.0 Å². The Kier molecular flexibility index (Phi) is 4.42. The van der Waals surface area contributed by atoms with Crippen LogP contribution in [0.1, 0.15) is 22.9 Å². The van der Waals surface area contributed by atoms with Crippen molar-refractivity contribution in [3.63, 3.8) is 0 Å². The summed E-state index contributed by atoms with van der Waals surface area (Å²) in [5, 5.41) is 11.8. The van der Waals surface area contributed by atoms with Crippen LogP contribution in [0.25, 0.3) is 10.9 Å². The average Bonchev–Trinajstić information content (AvgIpc) is 3.01. The fourth-order valence-corrected chi connectivity index (χ4v) is 5.69. The number of nitrogens with zero attached hydrogens (tertiary/aromatic N) is 3. The van der Waals surface area contributed by atoms with E-state index in [1.54, 1.807) is 7.11 Å². The van der Waals surface area contributed by atoms with Crippen molar-refractivity contribution in [2.24, 2.45) is 7.05 Å². The van der Waals surface area contributed by atoms with Gasteiger partial charge >= 0.3 is 0 Å². The molecule has 2 aromatic carbocycles. The van der Waals surface area contributed by atoms with Crippen LogP contribution in [0.5, 0.6) is 5.75 Å². The van der Waals surface area contributed by atoms with Gasteiger partial charge in [0.1, 0.15) is 5.75 Å². The van der Waals surface area contributed by atoms with E-state index in [-0.39, 0.29) is 18.1 Å². The van der Waals surface area contributed by atoms with E-state index in [0.29, 0.717) is 0 Å². The van der Waals surface area contributed by atoms with Gasteiger partial charge in [0, 0.05) is 55.8 Å². The van der Waals surface area contributed by atoms with E-state index in [9.17, 15) is 5.11 Å². The molecule has 1 spiro atoms. The van der Waals surface area contributed by atoms with Crippen LogP contribution in [0.3, 0.4) is 0 Å². The monoisotopic (exact) mass is 391 g/mol. The van der Waals surface area contributed by atoms with Gasteiger partial charge in [-0.2, -0.15) is 0 Å². The van der Waals surface area contributed by atoms with Crippen molar-refractivity contribution in [3.05, 3.63) is 65.4 Å². The number of aromatic nitrogens is 1. The van der Waals surface area contributed by atoms with Gasteiger partial charge in [0.15, 0.2) is 0 Å². The third kappa shape index (κ3) is 2.80. The number of likely N-dealkylation sites (tertiary alicyclic amines) is 1. The maximum absolute atomic E-state index is 10.5. The van der Waals surface area contributed by atoms with E-state index < -0.39 is 0 Å². The first-order chi connectivity index (χ1) is 14.1. The molecule has 5 heteroatoms. The first-order valence-electron chi connectivity index (χ1n) is 10.3. The minimum absolute atomic E-state index is 0.00914. The number of rotatable bonds is 4. The van der Waals surface area contributed by atoms with Gasteiger partial charge in [0.05, 0.1) is 25.3 Å². The van der Waals surface area contributed by atoms with E-state index in [4.69, 9.17) is 4.74 Å². The lowest BCUT2D eigenvalue weighted by Gasteiger charge is -2.55. The van der Waals surface area contributed by atoms with Gasteiger partial charge < -0.3 is 19.3 Å². The number of benzene rings is 2. The highest BCUT2D eigenvalue weighted by Gasteiger charge is 2.52. The maximum Gasteiger partial charge on any atom is 0.120 e. The van der Waals surface area contributed by atoms with E-state index >= 15 is 0 Å². The molecule has 0 aliphatic carbocycles. The van der Waals surface area contributed by atoms with Crippen molar-refractivity contribution in [1.29, 1.82) is 0 Å². The van der Waals surface area contributed by atoms with Gasteiger partial charge in [-0.05, 0) is 30.3 Å². The first kappa shape index (κ1) is 18.7. The molecule has 0 bridgehead atoms. The Morgan fingerprint density at radius 2 is 1.83 bits per heavy atom. The summed E-state index contributed by atoms with van der Waals surface area (Å²) in [5.74, 6) is 0.872. The molecule has 1 fully saturated rings. The number of fused-ring (bicyclic) bond motifs is 4. The Bertz CT molecular complexity index is 1040. The first-order valence-corrected chi connectivity index (χ1v) is 10.3. The minimum Gasteiger partial charge on any atom is -0.497 e. The van der Waals surface area contributed by atoms with E-state index in [0.717, 1.165) is 31.9 Å². The Hall–Kier alpha value is -2.34. The molecule has 2 aliphatic heterocycles. The fourth-order valence-electron chi connectivity index (χ4n) is 5.69. The van der Waals surface area contributed by atoms with Gasteiger partial charge in [-0.25, -0.2) is 0 Å². The zero-order valence-corrected chi connectivity index (χ0v) is 17.4.